The molecule has 1 amide bonds. The molecule has 1 atom stereocenters. The van der Waals surface area contributed by atoms with Crippen molar-refractivity contribution in [2.24, 2.45) is 0 Å². The smallest absolute Gasteiger partial charge is 0.261 e. The first kappa shape index (κ1) is 24.5. The molecule has 0 saturated carbocycles. The van der Waals surface area contributed by atoms with Gasteiger partial charge in [-0.25, -0.2) is 16.8 Å². The van der Waals surface area contributed by atoms with Crippen molar-refractivity contribution < 1.29 is 21.6 Å². The number of nitrogens with zero attached hydrogens (tertiary/aromatic N) is 2. The van der Waals surface area contributed by atoms with Gasteiger partial charge >= 0.3 is 0 Å². The number of amides is 1. The third kappa shape index (κ3) is 6.21. The molecule has 0 aliphatic heterocycles. The fourth-order valence-corrected chi connectivity index (χ4v) is 5.34. The minimum absolute atomic E-state index is 0.0173. The SMILES string of the molecule is C[C@@H](C(=O)Nc1ccc(S(=O)(=O)Nc2cccnc2)cc1)N(c1ccc(Cl)cc1)S(C)(=O)=O. The van der Waals surface area contributed by atoms with Gasteiger partial charge in [0.15, 0.2) is 0 Å². The van der Waals surface area contributed by atoms with Gasteiger partial charge in [-0.15, -0.1) is 0 Å². The molecule has 3 rings (SSSR count). The van der Waals surface area contributed by atoms with Crippen LogP contribution < -0.4 is 14.3 Å². The fourth-order valence-electron chi connectivity index (χ4n) is 3.00. The maximum atomic E-state index is 12.8. The minimum Gasteiger partial charge on any atom is -0.324 e. The fraction of sp³-hybridized carbons (Fsp3) is 0.143. The molecule has 0 aliphatic carbocycles. The van der Waals surface area contributed by atoms with Crippen molar-refractivity contribution in [3.63, 3.8) is 0 Å². The van der Waals surface area contributed by atoms with Gasteiger partial charge in [-0.3, -0.25) is 18.8 Å². The number of hydrogen-bond donors (Lipinski definition) is 2. The quantitative estimate of drug-likeness (QED) is 0.480. The van der Waals surface area contributed by atoms with Crippen LogP contribution in [0.3, 0.4) is 0 Å². The number of nitrogens with one attached hydrogen (secondary N) is 2. The first-order valence-corrected chi connectivity index (χ1v) is 13.3. The third-order valence-corrected chi connectivity index (χ3v) is 7.41. The molecular weight excluding hydrogens is 488 g/mol. The summed E-state index contributed by atoms with van der Waals surface area (Å²) in [5, 5.41) is 3.04. The van der Waals surface area contributed by atoms with Crippen LogP contribution in [0, 0.1) is 0 Å². The van der Waals surface area contributed by atoms with Crippen LogP contribution in [0.4, 0.5) is 17.1 Å². The second-order valence-electron chi connectivity index (χ2n) is 7.07. The van der Waals surface area contributed by atoms with Gasteiger partial charge < -0.3 is 5.32 Å². The number of sulfonamides is 2. The van der Waals surface area contributed by atoms with Gasteiger partial charge in [0, 0.05) is 16.9 Å². The van der Waals surface area contributed by atoms with Crippen LogP contribution in [0.2, 0.25) is 5.02 Å². The van der Waals surface area contributed by atoms with Crippen LogP contribution in [-0.4, -0.2) is 40.0 Å². The maximum Gasteiger partial charge on any atom is 0.261 e. The lowest BCUT2D eigenvalue weighted by atomic mass is 10.2. The summed E-state index contributed by atoms with van der Waals surface area (Å²) in [6.07, 6.45) is 3.90. The molecule has 174 valence electrons. The van der Waals surface area contributed by atoms with Gasteiger partial charge in [-0.2, -0.15) is 0 Å². The van der Waals surface area contributed by atoms with E-state index in [9.17, 15) is 21.6 Å². The number of anilines is 3. The average molecular weight is 509 g/mol. The van der Waals surface area contributed by atoms with Crippen molar-refractivity contribution in [1.29, 1.82) is 0 Å². The number of halogens is 1. The lowest BCUT2D eigenvalue weighted by molar-refractivity contribution is -0.116. The Labute approximate surface area is 197 Å². The van der Waals surface area contributed by atoms with Gasteiger partial charge in [0.05, 0.1) is 28.7 Å². The van der Waals surface area contributed by atoms with E-state index >= 15 is 0 Å². The summed E-state index contributed by atoms with van der Waals surface area (Å²) in [5.41, 5.74) is 0.899. The number of rotatable bonds is 8. The highest BCUT2D eigenvalue weighted by Gasteiger charge is 2.29. The zero-order valence-corrected chi connectivity index (χ0v) is 20.0. The average Bonchev–Trinajstić information content (AvgIpc) is 2.75. The Bertz CT molecular complexity index is 1330. The van der Waals surface area contributed by atoms with Crippen LogP contribution >= 0.6 is 11.6 Å². The molecular formula is C21H21ClN4O5S2. The Kier molecular flexibility index (Phi) is 7.25. The van der Waals surface area contributed by atoms with Gasteiger partial charge in [0.25, 0.3) is 10.0 Å². The number of pyridine rings is 1. The third-order valence-electron chi connectivity index (χ3n) is 4.52. The summed E-state index contributed by atoms with van der Waals surface area (Å²) >= 11 is 5.87. The molecule has 2 N–H and O–H groups in total. The molecule has 0 spiro atoms. The minimum atomic E-state index is -3.85. The lowest BCUT2D eigenvalue weighted by Crippen LogP contribution is -2.45. The number of hydrogen-bond acceptors (Lipinski definition) is 6. The number of carbonyl (C=O) groups is 1. The molecule has 0 unspecified atom stereocenters. The summed E-state index contributed by atoms with van der Waals surface area (Å²) < 4.78 is 53.1. The van der Waals surface area contributed by atoms with Crippen LogP contribution in [0.1, 0.15) is 6.92 Å². The monoisotopic (exact) mass is 508 g/mol. The highest BCUT2D eigenvalue weighted by Crippen LogP contribution is 2.24. The Morgan fingerprint density at radius 1 is 0.970 bits per heavy atom. The second-order valence-corrected chi connectivity index (χ2v) is 11.1. The summed E-state index contributed by atoms with van der Waals surface area (Å²) in [5.74, 6) is -0.598. The molecule has 0 aliphatic rings. The zero-order chi connectivity index (χ0) is 24.2. The van der Waals surface area contributed by atoms with E-state index < -0.39 is 32.0 Å². The Morgan fingerprint density at radius 3 is 2.15 bits per heavy atom. The molecule has 3 aromatic rings. The molecule has 12 heteroatoms. The first-order chi connectivity index (χ1) is 15.5. The summed E-state index contributed by atoms with van der Waals surface area (Å²) in [4.78, 5) is 16.6. The highest BCUT2D eigenvalue weighted by molar-refractivity contribution is 7.92. The molecule has 0 saturated heterocycles. The van der Waals surface area contributed by atoms with E-state index in [1.165, 1.54) is 67.8 Å². The lowest BCUT2D eigenvalue weighted by Gasteiger charge is -2.28. The van der Waals surface area contributed by atoms with E-state index in [1.807, 2.05) is 0 Å². The van der Waals surface area contributed by atoms with Gasteiger partial charge in [-0.1, -0.05) is 11.6 Å². The summed E-state index contributed by atoms with van der Waals surface area (Å²) in [6, 6.07) is 13.6. The Balaban J connectivity index is 1.76. The molecule has 0 radical (unpaired) electrons. The highest BCUT2D eigenvalue weighted by atomic mass is 35.5. The Hall–Kier alpha value is -3.15. The topological polar surface area (TPSA) is 126 Å². The molecule has 1 aromatic heterocycles. The largest absolute Gasteiger partial charge is 0.324 e. The summed E-state index contributed by atoms with van der Waals surface area (Å²) in [6.45, 7) is 1.45. The Morgan fingerprint density at radius 2 is 1.61 bits per heavy atom. The van der Waals surface area contributed by atoms with Crippen molar-refractivity contribution in [3.05, 3.63) is 78.1 Å². The number of aromatic nitrogens is 1. The molecule has 0 fully saturated rings. The molecule has 33 heavy (non-hydrogen) atoms. The summed E-state index contributed by atoms with van der Waals surface area (Å²) in [7, 11) is -7.63. The second kappa shape index (κ2) is 9.77. The molecule has 1 heterocycles. The van der Waals surface area contributed by atoms with E-state index in [-0.39, 0.29) is 10.6 Å². The van der Waals surface area contributed by atoms with Crippen molar-refractivity contribution in [1.82, 2.24) is 4.98 Å². The van der Waals surface area contributed by atoms with E-state index in [1.54, 1.807) is 12.1 Å². The molecule has 9 nitrogen and oxygen atoms in total. The number of benzene rings is 2. The van der Waals surface area contributed by atoms with Crippen molar-refractivity contribution in [3.8, 4) is 0 Å². The first-order valence-electron chi connectivity index (χ1n) is 9.56. The van der Waals surface area contributed by atoms with Crippen molar-refractivity contribution >= 4 is 54.6 Å². The van der Waals surface area contributed by atoms with Gasteiger partial charge in [0.2, 0.25) is 15.9 Å². The van der Waals surface area contributed by atoms with Crippen LogP contribution in [0.15, 0.2) is 78.0 Å². The van der Waals surface area contributed by atoms with Gasteiger partial charge in [0.1, 0.15) is 6.04 Å². The van der Waals surface area contributed by atoms with E-state index in [0.717, 1.165) is 10.6 Å². The number of carbonyl (C=O) groups excluding carboxylic acids is 1. The van der Waals surface area contributed by atoms with Crippen LogP contribution in [-0.2, 0) is 24.8 Å². The van der Waals surface area contributed by atoms with Crippen molar-refractivity contribution in [2.45, 2.75) is 17.9 Å². The van der Waals surface area contributed by atoms with Crippen LogP contribution in [0.25, 0.3) is 0 Å². The maximum absolute atomic E-state index is 12.8. The van der Waals surface area contributed by atoms with E-state index in [0.29, 0.717) is 16.4 Å². The zero-order valence-electron chi connectivity index (χ0n) is 17.6. The van der Waals surface area contributed by atoms with Crippen LogP contribution in [0.5, 0.6) is 0 Å². The molecule has 0 bridgehead atoms. The predicted molar refractivity (Wildman–Crippen MR) is 128 cm³/mol. The van der Waals surface area contributed by atoms with Gasteiger partial charge in [-0.05, 0) is 67.6 Å². The van der Waals surface area contributed by atoms with Crippen molar-refractivity contribution in [2.75, 3.05) is 20.6 Å². The molecule has 2 aromatic carbocycles. The normalized spacial score (nSPS) is 12.6. The predicted octanol–water partition coefficient (Wildman–Crippen LogP) is 3.33. The standard InChI is InChI=1S/C21H21ClN4O5S2/c1-15(26(32(2,28)29)19-9-5-16(22)6-10-19)21(27)24-17-7-11-20(12-8-17)33(30,31)25-18-4-3-13-23-14-18/h3-15,25H,1-2H3,(H,24,27)/t15-/m0/s1. The van der Waals surface area contributed by atoms with E-state index in [4.69, 9.17) is 11.6 Å². The van der Waals surface area contributed by atoms with E-state index in [2.05, 4.69) is 15.0 Å².